The molecule has 0 atom stereocenters. The van der Waals surface area contributed by atoms with E-state index in [9.17, 15) is 22.0 Å². The van der Waals surface area contributed by atoms with Gasteiger partial charge in [0.25, 0.3) is 0 Å². The number of hydrogen-bond donors (Lipinski definition) is 2. The molecule has 0 spiro atoms. The van der Waals surface area contributed by atoms with Crippen LogP contribution in [0.4, 0.5) is 22.0 Å². The van der Waals surface area contributed by atoms with Gasteiger partial charge in [0, 0.05) is 18.1 Å². The normalized spacial score (nSPS) is 12.3. The maximum absolute atomic E-state index is 13.0. The Morgan fingerprint density at radius 1 is 1.03 bits per heavy atom. The van der Waals surface area contributed by atoms with Crippen molar-refractivity contribution in [2.24, 2.45) is 0 Å². The maximum Gasteiger partial charge on any atom is 0.456 e. The molecule has 9 heteroatoms. The van der Waals surface area contributed by atoms with Gasteiger partial charge in [0.05, 0.1) is 12.6 Å². The van der Waals surface area contributed by atoms with E-state index in [1.807, 2.05) is 24.4 Å². The van der Waals surface area contributed by atoms with Crippen LogP contribution in [0.15, 0.2) is 48.7 Å². The number of benzene rings is 2. The van der Waals surface area contributed by atoms with Crippen molar-refractivity contribution < 1.29 is 31.4 Å². The predicted octanol–water partition coefficient (Wildman–Crippen LogP) is 5.09. The Labute approximate surface area is 170 Å². The molecule has 0 unspecified atom stereocenters. The number of rotatable bonds is 9. The molecule has 0 saturated carbocycles. The van der Waals surface area contributed by atoms with Gasteiger partial charge in [0.15, 0.2) is 6.61 Å². The number of aromatic amines is 1. The van der Waals surface area contributed by atoms with Crippen molar-refractivity contribution in [3.05, 3.63) is 59.8 Å². The number of methoxy groups -OCH3 is 1. The smallest absolute Gasteiger partial charge is 0.456 e. The maximum atomic E-state index is 13.0. The molecule has 0 aliphatic heterocycles. The summed E-state index contributed by atoms with van der Waals surface area (Å²) in [6.45, 7) is -0.697. The summed E-state index contributed by atoms with van der Waals surface area (Å²) in [5.41, 5.74) is 2.75. The van der Waals surface area contributed by atoms with E-state index in [1.165, 1.54) is 12.1 Å². The van der Waals surface area contributed by atoms with Crippen LogP contribution in [-0.2, 0) is 13.0 Å². The number of hydrogen-bond acceptors (Lipinski definition) is 3. The highest BCUT2D eigenvalue weighted by molar-refractivity contribution is 5.88. The lowest BCUT2D eigenvalue weighted by atomic mass is 10.1. The second-order valence-electron chi connectivity index (χ2n) is 6.76. The molecule has 30 heavy (non-hydrogen) atoms. The third kappa shape index (κ3) is 5.02. The molecule has 0 aliphatic rings. The first-order valence-corrected chi connectivity index (χ1v) is 9.21. The molecular weight excluding hydrogens is 407 g/mol. The highest BCUT2D eigenvalue weighted by Gasteiger charge is 2.58. The largest absolute Gasteiger partial charge is 0.495 e. The van der Waals surface area contributed by atoms with E-state index in [2.05, 4.69) is 15.0 Å². The van der Waals surface area contributed by atoms with Crippen molar-refractivity contribution in [3.63, 3.8) is 0 Å². The summed E-state index contributed by atoms with van der Waals surface area (Å²) in [5.74, 6) is -4.18. The average Bonchev–Trinajstić information content (AvgIpc) is 3.12. The van der Waals surface area contributed by atoms with Crippen LogP contribution in [0.3, 0.4) is 0 Å². The van der Waals surface area contributed by atoms with E-state index in [0.717, 1.165) is 28.6 Å². The molecular formula is C21H21F5N2O2. The summed E-state index contributed by atoms with van der Waals surface area (Å²) in [7, 11) is 1.61. The number of aromatic nitrogens is 1. The molecule has 0 aliphatic carbocycles. The molecule has 4 nitrogen and oxygen atoms in total. The van der Waals surface area contributed by atoms with Gasteiger partial charge in [-0.25, -0.2) is 0 Å². The van der Waals surface area contributed by atoms with Crippen molar-refractivity contribution in [1.82, 2.24) is 10.3 Å². The fourth-order valence-corrected chi connectivity index (χ4v) is 3.02. The second kappa shape index (κ2) is 8.91. The quantitative estimate of drug-likeness (QED) is 0.369. The zero-order valence-electron chi connectivity index (χ0n) is 16.2. The molecule has 2 N–H and O–H groups in total. The molecule has 0 radical (unpaired) electrons. The zero-order chi connectivity index (χ0) is 21.8. The Hall–Kier alpha value is -2.81. The van der Waals surface area contributed by atoms with Gasteiger partial charge >= 0.3 is 12.1 Å². The summed E-state index contributed by atoms with van der Waals surface area (Å²) in [4.78, 5) is 3.20. The third-order valence-corrected chi connectivity index (χ3v) is 4.62. The van der Waals surface area contributed by atoms with E-state index in [0.29, 0.717) is 18.7 Å². The van der Waals surface area contributed by atoms with Crippen LogP contribution in [-0.4, -0.2) is 37.3 Å². The molecule has 0 fully saturated rings. The standard InChI is InChI=1S/C21H21F5N2O2/c1-29-18-7-3-6-17-15(12-28-19(17)18)8-9-27-11-14-4-2-5-16(10-14)30-13-20(22,23)21(24,25)26/h2-7,10,12,27-28H,8-9,11,13H2,1H3. The number of nitrogens with one attached hydrogen (secondary N) is 2. The number of para-hydroxylation sites is 1. The minimum Gasteiger partial charge on any atom is -0.495 e. The van der Waals surface area contributed by atoms with E-state index in [4.69, 9.17) is 4.74 Å². The summed E-state index contributed by atoms with van der Waals surface area (Å²) >= 11 is 0. The SMILES string of the molecule is COc1cccc2c(CCNCc3cccc(OCC(F)(F)C(F)(F)F)c3)c[nH]c12. The molecule has 0 amide bonds. The van der Waals surface area contributed by atoms with Crippen LogP contribution in [0.25, 0.3) is 10.9 Å². The summed E-state index contributed by atoms with van der Waals surface area (Å²) in [6.07, 6.45) is -2.98. The highest BCUT2D eigenvalue weighted by atomic mass is 19.4. The molecule has 2 aromatic carbocycles. The highest BCUT2D eigenvalue weighted by Crippen LogP contribution is 2.35. The fraction of sp³-hybridized carbons (Fsp3) is 0.333. The number of H-pyrrole nitrogens is 1. The van der Waals surface area contributed by atoms with Gasteiger partial charge in [0.2, 0.25) is 0 Å². The fourth-order valence-electron chi connectivity index (χ4n) is 3.02. The van der Waals surface area contributed by atoms with E-state index >= 15 is 0 Å². The van der Waals surface area contributed by atoms with Crippen LogP contribution in [0.1, 0.15) is 11.1 Å². The number of halogens is 5. The van der Waals surface area contributed by atoms with Crippen molar-refractivity contribution >= 4 is 10.9 Å². The Kier molecular flexibility index (Phi) is 6.50. The van der Waals surface area contributed by atoms with Crippen molar-refractivity contribution in [2.75, 3.05) is 20.3 Å². The lowest BCUT2D eigenvalue weighted by Gasteiger charge is -2.20. The molecule has 3 rings (SSSR count). The first-order chi connectivity index (χ1) is 14.2. The van der Waals surface area contributed by atoms with E-state index in [1.54, 1.807) is 19.2 Å². The van der Waals surface area contributed by atoms with Crippen molar-refractivity contribution in [1.29, 1.82) is 0 Å². The van der Waals surface area contributed by atoms with Crippen molar-refractivity contribution in [3.8, 4) is 11.5 Å². The van der Waals surface area contributed by atoms with Gasteiger partial charge in [-0.05, 0) is 42.3 Å². The second-order valence-corrected chi connectivity index (χ2v) is 6.76. The Bertz CT molecular complexity index is 985. The lowest BCUT2D eigenvalue weighted by molar-refractivity contribution is -0.290. The van der Waals surface area contributed by atoms with Gasteiger partial charge in [-0.1, -0.05) is 24.3 Å². The first-order valence-electron chi connectivity index (χ1n) is 9.21. The molecule has 3 aromatic rings. The van der Waals surface area contributed by atoms with Gasteiger partial charge in [-0.15, -0.1) is 0 Å². The van der Waals surface area contributed by atoms with Crippen LogP contribution in [0.5, 0.6) is 11.5 Å². The average molecular weight is 428 g/mol. The Balaban J connectivity index is 1.52. The van der Waals surface area contributed by atoms with Gasteiger partial charge < -0.3 is 19.8 Å². The summed E-state index contributed by atoms with van der Waals surface area (Å²) in [6, 6.07) is 11.9. The van der Waals surface area contributed by atoms with Gasteiger partial charge in [-0.2, -0.15) is 22.0 Å². The zero-order valence-corrected chi connectivity index (χ0v) is 16.2. The number of ether oxygens (including phenoxy) is 2. The van der Waals surface area contributed by atoms with E-state index in [-0.39, 0.29) is 5.75 Å². The minimum absolute atomic E-state index is 0.0399. The molecule has 1 aromatic heterocycles. The molecule has 0 bridgehead atoms. The number of fused-ring (bicyclic) bond motifs is 1. The van der Waals surface area contributed by atoms with Gasteiger partial charge in [-0.3, -0.25) is 0 Å². The monoisotopic (exact) mass is 428 g/mol. The van der Waals surface area contributed by atoms with Crippen LogP contribution in [0.2, 0.25) is 0 Å². The topological polar surface area (TPSA) is 46.3 Å². The minimum atomic E-state index is -5.64. The number of alkyl halides is 5. The Morgan fingerprint density at radius 3 is 2.53 bits per heavy atom. The van der Waals surface area contributed by atoms with E-state index < -0.39 is 18.7 Å². The lowest BCUT2D eigenvalue weighted by Crippen LogP contribution is -2.41. The third-order valence-electron chi connectivity index (χ3n) is 4.62. The predicted molar refractivity (Wildman–Crippen MR) is 103 cm³/mol. The van der Waals surface area contributed by atoms with Crippen LogP contribution in [0, 0.1) is 0 Å². The van der Waals surface area contributed by atoms with Crippen LogP contribution < -0.4 is 14.8 Å². The van der Waals surface area contributed by atoms with Crippen molar-refractivity contribution in [2.45, 2.75) is 25.1 Å². The summed E-state index contributed by atoms with van der Waals surface area (Å²) < 4.78 is 72.6. The Morgan fingerprint density at radius 2 is 1.80 bits per heavy atom. The van der Waals surface area contributed by atoms with Gasteiger partial charge in [0.1, 0.15) is 11.5 Å². The molecule has 1 heterocycles. The molecule has 162 valence electrons. The first kappa shape index (κ1) is 21.9. The summed E-state index contributed by atoms with van der Waals surface area (Å²) in [5, 5.41) is 4.30. The molecule has 0 saturated heterocycles. The van der Waals surface area contributed by atoms with Crippen LogP contribution >= 0.6 is 0 Å².